The molecule has 1 amide bonds. The molecule has 3 rings (SSSR count). The molecule has 0 atom stereocenters. The Kier molecular flexibility index (Phi) is 8.08. The lowest BCUT2D eigenvalue weighted by Crippen LogP contribution is -2.49. The summed E-state index contributed by atoms with van der Waals surface area (Å²) in [5.41, 5.74) is 0. The summed E-state index contributed by atoms with van der Waals surface area (Å²) in [4.78, 5) is 50.6. The summed E-state index contributed by atoms with van der Waals surface area (Å²) >= 11 is 2.89. The van der Waals surface area contributed by atoms with Crippen LogP contribution in [0, 0.1) is 0 Å². The highest BCUT2D eigenvalue weighted by atomic mass is 32.2. The van der Waals surface area contributed by atoms with E-state index in [2.05, 4.69) is 27.6 Å². The standard InChI is InChI=1S/C20H26N4O5S2/c1-4-13-11-14-18(21-20(22-19(14)31-13)30-12-17(27)29-3)24-9-7-23(8-10-24)15(25)5-6-16(26)28-2/h11H,4-10,12H2,1-3H3. The third-order valence-electron chi connectivity index (χ3n) is 5.00. The fourth-order valence-electron chi connectivity index (χ4n) is 3.24. The molecule has 2 aromatic heterocycles. The van der Waals surface area contributed by atoms with Crippen LogP contribution < -0.4 is 4.90 Å². The molecule has 1 fully saturated rings. The molecule has 2 aromatic rings. The highest BCUT2D eigenvalue weighted by Gasteiger charge is 2.25. The maximum Gasteiger partial charge on any atom is 0.316 e. The van der Waals surface area contributed by atoms with Gasteiger partial charge in [0, 0.05) is 37.5 Å². The molecule has 31 heavy (non-hydrogen) atoms. The van der Waals surface area contributed by atoms with Gasteiger partial charge in [-0.2, -0.15) is 0 Å². The van der Waals surface area contributed by atoms with Crippen molar-refractivity contribution in [2.24, 2.45) is 0 Å². The molecule has 0 bridgehead atoms. The van der Waals surface area contributed by atoms with Crippen LogP contribution in [0.2, 0.25) is 0 Å². The van der Waals surface area contributed by atoms with E-state index in [1.807, 2.05) is 0 Å². The van der Waals surface area contributed by atoms with E-state index in [0.29, 0.717) is 31.3 Å². The van der Waals surface area contributed by atoms with Crippen molar-refractivity contribution < 1.29 is 23.9 Å². The predicted molar refractivity (Wildman–Crippen MR) is 120 cm³/mol. The number of thioether (sulfide) groups is 1. The number of esters is 2. The van der Waals surface area contributed by atoms with Crippen LogP contribution in [0.5, 0.6) is 0 Å². The van der Waals surface area contributed by atoms with Crippen LogP contribution in [0.3, 0.4) is 0 Å². The number of ether oxygens (including phenoxy) is 2. The van der Waals surface area contributed by atoms with Gasteiger partial charge in [0.2, 0.25) is 5.91 Å². The van der Waals surface area contributed by atoms with Crippen molar-refractivity contribution >= 4 is 57.0 Å². The molecule has 0 N–H and O–H groups in total. The van der Waals surface area contributed by atoms with Gasteiger partial charge in [-0.25, -0.2) is 9.97 Å². The number of fused-ring (bicyclic) bond motifs is 1. The number of rotatable bonds is 8. The molecule has 0 spiro atoms. The molecule has 11 heteroatoms. The third kappa shape index (κ3) is 5.85. The summed E-state index contributed by atoms with van der Waals surface area (Å²) in [6, 6.07) is 2.12. The zero-order valence-electron chi connectivity index (χ0n) is 17.9. The maximum atomic E-state index is 12.4. The molecular weight excluding hydrogens is 440 g/mol. The number of carbonyl (C=O) groups is 3. The maximum absolute atomic E-state index is 12.4. The number of aromatic nitrogens is 2. The molecule has 9 nitrogen and oxygen atoms in total. The lowest BCUT2D eigenvalue weighted by molar-refractivity contribution is -0.143. The van der Waals surface area contributed by atoms with Crippen LogP contribution in [0.15, 0.2) is 11.2 Å². The molecule has 0 aromatic carbocycles. The second kappa shape index (κ2) is 10.8. The van der Waals surface area contributed by atoms with Crippen molar-refractivity contribution in [2.45, 2.75) is 31.3 Å². The van der Waals surface area contributed by atoms with E-state index in [0.717, 1.165) is 22.5 Å². The van der Waals surface area contributed by atoms with Crippen LogP contribution in [0.1, 0.15) is 24.6 Å². The van der Waals surface area contributed by atoms with Crippen molar-refractivity contribution in [3.05, 3.63) is 10.9 Å². The van der Waals surface area contributed by atoms with Gasteiger partial charge in [-0.05, 0) is 12.5 Å². The average molecular weight is 467 g/mol. The summed E-state index contributed by atoms with van der Waals surface area (Å²) < 4.78 is 9.32. The first-order chi connectivity index (χ1) is 14.9. The molecule has 0 radical (unpaired) electrons. The normalized spacial score (nSPS) is 14.0. The number of carbonyl (C=O) groups excluding carboxylic acids is 3. The molecule has 0 unspecified atom stereocenters. The number of hydrogen-bond donors (Lipinski definition) is 0. The zero-order chi connectivity index (χ0) is 22.4. The first kappa shape index (κ1) is 23.3. The van der Waals surface area contributed by atoms with E-state index < -0.39 is 0 Å². The lowest BCUT2D eigenvalue weighted by atomic mass is 10.2. The number of hydrogen-bond acceptors (Lipinski definition) is 10. The summed E-state index contributed by atoms with van der Waals surface area (Å²) in [7, 11) is 2.68. The number of methoxy groups -OCH3 is 2. The summed E-state index contributed by atoms with van der Waals surface area (Å²) in [6.07, 6.45) is 1.16. The minimum Gasteiger partial charge on any atom is -0.469 e. The Bertz CT molecular complexity index is 956. The summed E-state index contributed by atoms with van der Waals surface area (Å²) in [6.45, 7) is 4.48. The van der Waals surface area contributed by atoms with Gasteiger partial charge in [0.1, 0.15) is 10.6 Å². The number of anilines is 1. The van der Waals surface area contributed by atoms with E-state index in [1.54, 1.807) is 16.2 Å². The second-order valence-electron chi connectivity index (χ2n) is 6.92. The van der Waals surface area contributed by atoms with Gasteiger partial charge < -0.3 is 19.3 Å². The number of amides is 1. The summed E-state index contributed by atoms with van der Waals surface area (Å²) in [5.74, 6) is 0.230. The molecule has 3 heterocycles. The number of thiophene rings is 1. The highest BCUT2D eigenvalue weighted by Crippen LogP contribution is 2.33. The van der Waals surface area contributed by atoms with Crippen molar-refractivity contribution in [1.82, 2.24) is 14.9 Å². The van der Waals surface area contributed by atoms with Crippen LogP contribution in [0.25, 0.3) is 10.2 Å². The Labute approximate surface area is 189 Å². The molecule has 1 aliphatic rings. The first-order valence-corrected chi connectivity index (χ1v) is 11.8. The van der Waals surface area contributed by atoms with E-state index in [9.17, 15) is 14.4 Å². The minimum atomic E-state index is -0.378. The largest absolute Gasteiger partial charge is 0.469 e. The van der Waals surface area contributed by atoms with Crippen molar-refractivity contribution in [2.75, 3.05) is 51.1 Å². The monoisotopic (exact) mass is 466 g/mol. The smallest absolute Gasteiger partial charge is 0.316 e. The van der Waals surface area contributed by atoms with Crippen molar-refractivity contribution in [3.8, 4) is 0 Å². The highest BCUT2D eigenvalue weighted by molar-refractivity contribution is 7.99. The number of piperazine rings is 1. The van der Waals surface area contributed by atoms with E-state index >= 15 is 0 Å². The van der Waals surface area contributed by atoms with Crippen molar-refractivity contribution in [1.29, 1.82) is 0 Å². The Morgan fingerprint density at radius 2 is 1.77 bits per heavy atom. The van der Waals surface area contributed by atoms with Gasteiger partial charge in [0.15, 0.2) is 5.16 Å². The Morgan fingerprint density at radius 1 is 1.06 bits per heavy atom. The molecule has 1 aliphatic heterocycles. The van der Waals surface area contributed by atoms with Crippen LogP contribution in [0.4, 0.5) is 5.82 Å². The van der Waals surface area contributed by atoms with Gasteiger partial charge in [-0.15, -0.1) is 11.3 Å². The average Bonchev–Trinajstić information content (AvgIpc) is 3.23. The topological polar surface area (TPSA) is 102 Å². The number of nitrogens with zero attached hydrogens (tertiary/aromatic N) is 4. The van der Waals surface area contributed by atoms with Gasteiger partial charge in [0.05, 0.1) is 31.8 Å². The van der Waals surface area contributed by atoms with Crippen molar-refractivity contribution in [3.63, 3.8) is 0 Å². The van der Waals surface area contributed by atoms with Gasteiger partial charge in [-0.1, -0.05) is 18.7 Å². The molecule has 1 saturated heterocycles. The Hall–Kier alpha value is -2.40. The van der Waals surface area contributed by atoms with Gasteiger partial charge in [-0.3, -0.25) is 14.4 Å². The fourth-order valence-corrected chi connectivity index (χ4v) is 4.93. The fraction of sp³-hybridized carbons (Fsp3) is 0.550. The Morgan fingerprint density at radius 3 is 2.42 bits per heavy atom. The SMILES string of the molecule is CCc1cc2c(N3CCN(C(=O)CCC(=O)OC)CC3)nc(SCC(=O)OC)nc2s1. The van der Waals surface area contributed by atoms with Crippen LogP contribution >= 0.6 is 23.1 Å². The Balaban J connectivity index is 1.74. The van der Waals surface area contributed by atoms with E-state index in [4.69, 9.17) is 9.72 Å². The first-order valence-electron chi connectivity index (χ1n) is 10.0. The molecule has 0 saturated carbocycles. The summed E-state index contributed by atoms with van der Waals surface area (Å²) in [5, 5.41) is 1.53. The van der Waals surface area contributed by atoms with Gasteiger partial charge in [0.25, 0.3) is 0 Å². The second-order valence-corrected chi connectivity index (χ2v) is 8.98. The molecule has 168 valence electrons. The van der Waals surface area contributed by atoms with Crippen LogP contribution in [-0.4, -0.2) is 78.9 Å². The van der Waals surface area contributed by atoms with Gasteiger partial charge >= 0.3 is 11.9 Å². The molecular formula is C20H26N4O5S2. The number of aryl methyl sites for hydroxylation is 1. The van der Waals surface area contributed by atoms with E-state index in [-0.39, 0.29) is 36.4 Å². The molecule has 0 aliphatic carbocycles. The lowest BCUT2D eigenvalue weighted by Gasteiger charge is -2.35. The van der Waals surface area contributed by atoms with Crippen LogP contribution in [-0.2, 0) is 30.3 Å². The van der Waals surface area contributed by atoms with E-state index in [1.165, 1.54) is 30.9 Å². The minimum absolute atomic E-state index is 0.0454. The quantitative estimate of drug-likeness (QED) is 0.329. The zero-order valence-corrected chi connectivity index (χ0v) is 19.5. The third-order valence-corrected chi connectivity index (χ3v) is 7.00. The predicted octanol–water partition coefficient (Wildman–Crippen LogP) is 2.12.